The summed E-state index contributed by atoms with van der Waals surface area (Å²) >= 11 is 0. The monoisotopic (exact) mass is 307 g/mol. The first kappa shape index (κ1) is 15.5. The largest absolute Gasteiger partial charge is 0.480 e. The van der Waals surface area contributed by atoms with E-state index in [1.807, 2.05) is 6.92 Å². The Morgan fingerprint density at radius 1 is 1.36 bits per heavy atom. The molecule has 2 aromatic rings. The van der Waals surface area contributed by atoms with Crippen LogP contribution in [0.1, 0.15) is 11.4 Å². The number of amides is 1. The average molecular weight is 307 g/mol. The van der Waals surface area contributed by atoms with Crippen LogP contribution in [0, 0.1) is 13.8 Å². The lowest BCUT2D eigenvalue weighted by Crippen LogP contribution is -2.21. The Hall–Kier alpha value is -2.84. The number of nitrogens with one attached hydrogen (secondary N) is 1. The minimum atomic E-state index is -1.01. The van der Waals surface area contributed by atoms with Crippen molar-refractivity contribution in [1.82, 2.24) is 19.6 Å². The molecule has 0 fully saturated rings. The molecule has 2 aromatic heterocycles. The molecule has 0 bridgehead atoms. The van der Waals surface area contributed by atoms with Crippen LogP contribution >= 0.6 is 0 Å². The Kier molecular flexibility index (Phi) is 4.44. The zero-order valence-corrected chi connectivity index (χ0v) is 12.5. The third kappa shape index (κ3) is 3.62. The van der Waals surface area contributed by atoms with Gasteiger partial charge in [0.15, 0.2) is 18.2 Å². The second kappa shape index (κ2) is 6.29. The van der Waals surface area contributed by atoms with Gasteiger partial charge in [0.25, 0.3) is 5.91 Å². The van der Waals surface area contributed by atoms with Crippen molar-refractivity contribution in [3.8, 4) is 5.75 Å². The lowest BCUT2D eigenvalue weighted by molar-refractivity contribution is -0.137. The van der Waals surface area contributed by atoms with E-state index in [-0.39, 0.29) is 24.9 Å². The third-order valence-electron chi connectivity index (χ3n) is 3.00. The number of rotatable bonds is 6. The fourth-order valence-electron chi connectivity index (χ4n) is 1.93. The fraction of sp³-hybridized carbons (Fsp3) is 0.385. The predicted molar refractivity (Wildman–Crippen MR) is 76.7 cm³/mol. The van der Waals surface area contributed by atoms with Crippen molar-refractivity contribution >= 4 is 17.7 Å². The van der Waals surface area contributed by atoms with Gasteiger partial charge in [0, 0.05) is 19.3 Å². The highest BCUT2D eigenvalue weighted by atomic mass is 16.5. The number of anilines is 1. The van der Waals surface area contributed by atoms with Gasteiger partial charge >= 0.3 is 5.97 Å². The first-order chi connectivity index (χ1) is 10.4. The smallest absolute Gasteiger partial charge is 0.325 e. The maximum atomic E-state index is 11.8. The van der Waals surface area contributed by atoms with Crippen molar-refractivity contribution in [1.29, 1.82) is 0 Å². The van der Waals surface area contributed by atoms with Crippen molar-refractivity contribution in [2.24, 2.45) is 7.05 Å². The Morgan fingerprint density at radius 3 is 2.68 bits per heavy atom. The summed E-state index contributed by atoms with van der Waals surface area (Å²) in [5, 5.41) is 19.3. The number of ether oxygens (including phenoxy) is 1. The molecule has 9 nitrogen and oxygen atoms in total. The van der Waals surface area contributed by atoms with Crippen molar-refractivity contribution in [3.63, 3.8) is 0 Å². The lowest BCUT2D eigenvalue weighted by atomic mass is 10.3. The van der Waals surface area contributed by atoms with E-state index in [0.29, 0.717) is 11.4 Å². The van der Waals surface area contributed by atoms with Gasteiger partial charge in [-0.3, -0.25) is 19.0 Å². The number of nitrogens with zero attached hydrogens (tertiary/aromatic N) is 4. The number of carbonyl (C=O) groups excluding carboxylic acids is 1. The van der Waals surface area contributed by atoms with Crippen LogP contribution in [0.4, 0.5) is 5.82 Å². The molecule has 0 saturated heterocycles. The molecular formula is C13H17N5O4. The Labute approximate surface area is 126 Å². The maximum absolute atomic E-state index is 11.8. The number of hydrogen-bond acceptors (Lipinski definition) is 5. The third-order valence-corrected chi connectivity index (χ3v) is 3.00. The minimum absolute atomic E-state index is 0.181. The Bertz CT molecular complexity index is 703. The molecular weight excluding hydrogens is 290 g/mol. The Morgan fingerprint density at radius 2 is 2.09 bits per heavy atom. The van der Waals surface area contributed by atoms with Crippen molar-refractivity contribution in [3.05, 3.63) is 23.7 Å². The lowest BCUT2D eigenvalue weighted by Gasteiger charge is -2.06. The van der Waals surface area contributed by atoms with Gasteiger partial charge in [-0.05, 0) is 13.8 Å². The summed E-state index contributed by atoms with van der Waals surface area (Å²) in [7, 11) is 1.80. The number of aromatic nitrogens is 4. The highest BCUT2D eigenvalue weighted by Crippen LogP contribution is 2.21. The molecule has 118 valence electrons. The van der Waals surface area contributed by atoms with Crippen LogP contribution in [0.25, 0.3) is 0 Å². The number of aliphatic carboxylic acids is 1. The van der Waals surface area contributed by atoms with Crippen LogP contribution in [0.2, 0.25) is 0 Å². The van der Waals surface area contributed by atoms with Gasteiger partial charge in [-0.15, -0.1) is 0 Å². The molecule has 22 heavy (non-hydrogen) atoms. The van der Waals surface area contributed by atoms with E-state index in [1.54, 1.807) is 18.7 Å². The summed E-state index contributed by atoms with van der Waals surface area (Å²) < 4.78 is 8.36. The maximum Gasteiger partial charge on any atom is 0.325 e. The molecule has 2 rings (SSSR count). The Balaban J connectivity index is 1.90. The van der Waals surface area contributed by atoms with Gasteiger partial charge in [0.2, 0.25) is 0 Å². The van der Waals surface area contributed by atoms with Gasteiger partial charge < -0.3 is 15.2 Å². The summed E-state index contributed by atoms with van der Waals surface area (Å²) in [6.45, 7) is 3.20. The van der Waals surface area contributed by atoms with E-state index in [4.69, 9.17) is 9.84 Å². The standard InChI is InChI=1S/C13H17N5O4/c1-8-13(9(2)17(3)15-8)22-7-11(19)14-10-4-5-18(16-10)6-12(20)21/h4-5H,6-7H2,1-3H3,(H,20,21)(H,14,16,19). The summed E-state index contributed by atoms with van der Waals surface area (Å²) in [6.07, 6.45) is 1.47. The molecule has 0 unspecified atom stereocenters. The molecule has 0 aliphatic heterocycles. The zero-order chi connectivity index (χ0) is 16.3. The van der Waals surface area contributed by atoms with Crippen LogP contribution in [0.5, 0.6) is 5.75 Å². The SMILES string of the molecule is Cc1nn(C)c(C)c1OCC(=O)Nc1ccn(CC(=O)O)n1. The summed E-state index contributed by atoms with van der Waals surface area (Å²) in [6, 6.07) is 1.52. The van der Waals surface area contributed by atoms with Crippen molar-refractivity contribution < 1.29 is 19.4 Å². The van der Waals surface area contributed by atoms with Crippen LogP contribution in [0.3, 0.4) is 0 Å². The van der Waals surface area contributed by atoms with Gasteiger partial charge in [-0.1, -0.05) is 0 Å². The normalized spacial score (nSPS) is 10.5. The predicted octanol–water partition coefficient (Wildman–Crippen LogP) is 0.336. The number of aryl methyl sites for hydroxylation is 2. The van der Waals surface area contributed by atoms with E-state index in [2.05, 4.69) is 15.5 Å². The van der Waals surface area contributed by atoms with Crippen LogP contribution < -0.4 is 10.1 Å². The van der Waals surface area contributed by atoms with Gasteiger partial charge in [0.05, 0.1) is 5.69 Å². The molecule has 0 aliphatic rings. The number of carboxylic acid groups (broad SMARTS) is 1. The number of carbonyl (C=O) groups is 2. The number of carboxylic acids is 1. The second-order valence-electron chi connectivity index (χ2n) is 4.75. The second-order valence-corrected chi connectivity index (χ2v) is 4.75. The number of hydrogen-bond donors (Lipinski definition) is 2. The van der Waals surface area contributed by atoms with Gasteiger partial charge in [-0.25, -0.2) is 0 Å². The van der Waals surface area contributed by atoms with Crippen LogP contribution in [0.15, 0.2) is 12.3 Å². The summed E-state index contributed by atoms with van der Waals surface area (Å²) in [4.78, 5) is 22.4. The molecule has 0 radical (unpaired) electrons. The topological polar surface area (TPSA) is 111 Å². The molecule has 2 heterocycles. The van der Waals surface area contributed by atoms with Crippen LogP contribution in [-0.4, -0.2) is 43.2 Å². The summed E-state index contributed by atoms with van der Waals surface area (Å²) in [5.74, 6) is -0.543. The van der Waals surface area contributed by atoms with E-state index in [9.17, 15) is 9.59 Å². The fourth-order valence-corrected chi connectivity index (χ4v) is 1.93. The van der Waals surface area contributed by atoms with E-state index in [1.165, 1.54) is 16.9 Å². The zero-order valence-electron chi connectivity index (χ0n) is 12.5. The van der Waals surface area contributed by atoms with E-state index in [0.717, 1.165) is 5.69 Å². The van der Waals surface area contributed by atoms with Crippen LogP contribution in [-0.2, 0) is 23.2 Å². The van der Waals surface area contributed by atoms with E-state index < -0.39 is 5.97 Å². The molecule has 0 atom stereocenters. The molecule has 0 spiro atoms. The van der Waals surface area contributed by atoms with E-state index >= 15 is 0 Å². The van der Waals surface area contributed by atoms with Gasteiger partial charge in [0.1, 0.15) is 12.2 Å². The molecule has 9 heteroatoms. The first-order valence-corrected chi connectivity index (χ1v) is 6.55. The minimum Gasteiger partial charge on any atom is -0.480 e. The van der Waals surface area contributed by atoms with Crippen molar-refractivity contribution in [2.45, 2.75) is 20.4 Å². The molecule has 0 aromatic carbocycles. The first-order valence-electron chi connectivity index (χ1n) is 6.55. The highest BCUT2D eigenvalue weighted by molar-refractivity contribution is 5.90. The molecule has 0 saturated carbocycles. The molecule has 2 N–H and O–H groups in total. The van der Waals surface area contributed by atoms with Gasteiger partial charge in [-0.2, -0.15) is 10.2 Å². The summed E-state index contributed by atoms with van der Waals surface area (Å²) in [5.41, 5.74) is 1.54. The quantitative estimate of drug-likeness (QED) is 0.796. The molecule has 0 aliphatic carbocycles. The highest BCUT2D eigenvalue weighted by Gasteiger charge is 2.13. The molecule has 1 amide bonds. The van der Waals surface area contributed by atoms with Crippen molar-refractivity contribution in [2.75, 3.05) is 11.9 Å². The average Bonchev–Trinajstić information content (AvgIpc) is 2.93.